The van der Waals surface area contributed by atoms with E-state index in [1.165, 1.54) is 23.1 Å². The van der Waals surface area contributed by atoms with Crippen molar-refractivity contribution in [3.8, 4) is 11.4 Å². The number of hydrogen-bond acceptors (Lipinski definition) is 5. The lowest BCUT2D eigenvalue weighted by atomic mass is 10.1. The highest BCUT2D eigenvalue weighted by atomic mass is 35.5. The fourth-order valence-electron chi connectivity index (χ4n) is 2.03. The molecule has 6 nitrogen and oxygen atoms in total. The highest BCUT2D eigenvalue weighted by molar-refractivity contribution is 6.30. The molecule has 3 aromatic heterocycles. The van der Waals surface area contributed by atoms with E-state index < -0.39 is 11.4 Å². The van der Waals surface area contributed by atoms with Gasteiger partial charge in [0.05, 0.1) is 22.8 Å². The SMILES string of the molecule is Cc1onc(-c2ncc(Cl)cc2F)c1Cn1ncc(Cl)cc1=O. The predicted octanol–water partition coefficient (Wildman–Crippen LogP) is 3.10. The Morgan fingerprint density at radius 3 is 2.65 bits per heavy atom. The van der Waals surface area contributed by atoms with Gasteiger partial charge in [-0.25, -0.2) is 14.1 Å². The van der Waals surface area contributed by atoms with E-state index in [4.69, 9.17) is 27.7 Å². The van der Waals surface area contributed by atoms with Crippen LogP contribution in [0.3, 0.4) is 0 Å². The van der Waals surface area contributed by atoms with Crippen LogP contribution in [0.4, 0.5) is 4.39 Å². The summed E-state index contributed by atoms with van der Waals surface area (Å²) in [5.41, 5.74) is 0.285. The largest absolute Gasteiger partial charge is 0.361 e. The molecule has 0 aliphatic rings. The van der Waals surface area contributed by atoms with Crippen molar-refractivity contribution in [1.29, 1.82) is 0 Å². The van der Waals surface area contributed by atoms with E-state index in [0.29, 0.717) is 11.3 Å². The molecule has 0 aromatic carbocycles. The van der Waals surface area contributed by atoms with Gasteiger partial charge >= 0.3 is 0 Å². The molecule has 0 N–H and O–H groups in total. The molecule has 0 aliphatic heterocycles. The smallest absolute Gasteiger partial charge is 0.268 e. The van der Waals surface area contributed by atoms with E-state index in [2.05, 4.69) is 15.2 Å². The van der Waals surface area contributed by atoms with Gasteiger partial charge in [0.1, 0.15) is 17.1 Å². The number of nitrogens with zero attached hydrogens (tertiary/aromatic N) is 4. The van der Waals surface area contributed by atoms with Crippen molar-refractivity contribution < 1.29 is 8.91 Å². The first-order valence-corrected chi connectivity index (χ1v) is 7.20. The molecule has 0 atom stereocenters. The molecule has 3 rings (SSSR count). The zero-order valence-electron chi connectivity index (χ0n) is 11.8. The summed E-state index contributed by atoms with van der Waals surface area (Å²) in [6.07, 6.45) is 2.65. The lowest BCUT2D eigenvalue weighted by Gasteiger charge is -2.05. The lowest BCUT2D eigenvalue weighted by Crippen LogP contribution is -2.22. The first kappa shape index (κ1) is 15.6. The minimum Gasteiger partial charge on any atom is -0.361 e. The summed E-state index contributed by atoms with van der Waals surface area (Å²) in [5.74, 6) is -0.205. The van der Waals surface area contributed by atoms with Gasteiger partial charge < -0.3 is 4.52 Å². The summed E-state index contributed by atoms with van der Waals surface area (Å²) >= 11 is 11.4. The summed E-state index contributed by atoms with van der Waals surface area (Å²) in [4.78, 5) is 15.8. The molecular weight excluding hydrogens is 346 g/mol. The maximum Gasteiger partial charge on any atom is 0.268 e. The van der Waals surface area contributed by atoms with Gasteiger partial charge in [-0.15, -0.1) is 0 Å². The third kappa shape index (κ3) is 3.11. The molecule has 0 saturated heterocycles. The third-order valence-corrected chi connectivity index (χ3v) is 3.57. The monoisotopic (exact) mass is 354 g/mol. The summed E-state index contributed by atoms with van der Waals surface area (Å²) in [6, 6.07) is 2.36. The Labute approximate surface area is 139 Å². The molecule has 118 valence electrons. The highest BCUT2D eigenvalue weighted by Gasteiger charge is 2.20. The van der Waals surface area contributed by atoms with Crippen molar-refractivity contribution in [2.75, 3.05) is 0 Å². The molecule has 3 heterocycles. The number of halogens is 3. The third-order valence-electron chi connectivity index (χ3n) is 3.16. The minimum absolute atomic E-state index is 0.0109. The molecule has 3 aromatic rings. The van der Waals surface area contributed by atoms with Crippen LogP contribution in [-0.4, -0.2) is 19.9 Å². The quantitative estimate of drug-likeness (QED) is 0.722. The molecule has 0 bridgehead atoms. The van der Waals surface area contributed by atoms with E-state index in [-0.39, 0.29) is 28.0 Å². The van der Waals surface area contributed by atoms with Crippen LogP contribution in [0.15, 0.2) is 33.8 Å². The fraction of sp³-hybridized carbons (Fsp3) is 0.143. The summed E-state index contributed by atoms with van der Waals surface area (Å²) < 4.78 is 20.3. The molecule has 0 saturated carbocycles. The lowest BCUT2D eigenvalue weighted by molar-refractivity contribution is 0.396. The van der Waals surface area contributed by atoms with E-state index in [0.717, 1.165) is 6.07 Å². The van der Waals surface area contributed by atoms with Gasteiger partial charge in [0.15, 0.2) is 5.82 Å². The maximum atomic E-state index is 14.1. The summed E-state index contributed by atoms with van der Waals surface area (Å²) in [5, 5.41) is 8.17. The van der Waals surface area contributed by atoms with E-state index in [1.807, 2.05) is 0 Å². The molecule has 0 amide bonds. The molecular formula is C14H9Cl2FN4O2. The van der Waals surface area contributed by atoms with Crippen molar-refractivity contribution in [1.82, 2.24) is 19.9 Å². The molecule has 0 fully saturated rings. The van der Waals surface area contributed by atoms with Crippen LogP contribution in [-0.2, 0) is 6.54 Å². The van der Waals surface area contributed by atoms with Gasteiger partial charge in [-0.3, -0.25) is 4.79 Å². The van der Waals surface area contributed by atoms with Crippen LogP contribution in [0.25, 0.3) is 11.4 Å². The normalized spacial score (nSPS) is 11.0. The van der Waals surface area contributed by atoms with E-state index in [9.17, 15) is 9.18 Å². The Morgan fingerprint density at radius 2 is 1.96 bits per heavy atom. The summed E-state index contributed by atoms with van der Waals surface area (Å²) in [6.45, 7) is 1.70. The first-order valence-electron chi connectivity index (χ1n) is 6.45. The van der Waals surface area contributed by atoms with E-state index in [1.54, 1.807) is 6.92 Å². The predicted molar refractivity (Wildman–Crippen MR) is 82.0 cm³/mol. The van der Waals surface area contributed by atoms with Crippen molar-refractivity contribution >= 4 is 23.2 Å². The zero-order chi connectivity index (χ0) is 16.6. The average molecular weight is 355 g/mol. The zero-order valence-corrected chi connectivity index (χ0v) is 13.3. The molecule has 0 unspecified atom stereocenters. The minimum atomic E-state index is -0.636. The average Bonchev–Trinajstić information content (AvgIpc) is 2.83. The van der Waals surface area contributed by atoms with Gasteiger partial charge in [0.25, 0.3) is 5.56 Å². The maximum absolute atomic E-state index is 14.1. The van der Waals surface area contributed by atoms with Crippen molar-refractivity contribution in [3.05, 3.63) is 62.1 Å². The van der Waals surface area contributed by atoms with Crippen LogP contribution in [0.2, 0.25) is 10.0 Å². The summed E-state index contributed by atoms with van der Waals surface area (Å²) in [7, 11) is 0. The Hall–Kier alpha value is -2.25. The second-order valence-corrected chi connectivity index (χ2v) is 5.59. The van der Waals surface area contributed by atoms with Gasteiger partial charge in [-0.2, -0.15) is 5.10 Å². The van der Waals surface area contributed by atoms with Crippen molar-refractivity contribution in [2.45, 2.75) is 13.5 Å². The van der Waals surface area contributed by atoms with Crippen LogP contribution < -0.4 is 5.56 Å². The van der Waals surface area contributed by atoms with Crippen LogP contribution in [0.5, 0.6) is 0 Å². The number of aromatic nitrogens is 4. The topological polar surface area (TPSA) is 73.8 Å². The molecule has 0 spiro atoms. The van der Waals surface area contributed by atoms with Crippen LogP contribution >= 0.6 is 23.2 Å². The van der Waals surface area contributed by atoms with Gasteiger partial charge in [-0.05, 0) is 13.0 Å². The van der Waals surface area contributed by atoms with Gasteiger partial charge in [0.2, 0.25) is 0 Å². The molecule has 0 radical (unpaired) electrons. The van der Waals surface area contributed by atoms with Gasteiger partial charge in [0, 0.05) is 17.8 Å². The van der Waals surface area contributed by atoms with Crippen molar-refractivity contribution in [2.24, 2.45) is 0 Å². The number of hydrogen-bond donors (Lipinski definition) is 0. The second-order valence-electron chi connectivity index (χ2n) is 4.72. The Balaban J connectivity index is 2.07. The van der Waals surface area contributed by atoms with E-state index >= 15 is 0 Å². The highest BCUT2D eigenvalue weighted by Crippen LogP contribution is 2.27. The van der Waals surface area contributed by atoms with Crippen molar-refractivity contribution in [3.63, 3.8) is 0 Å². The standard InChI is InChI=1S/C14H9Cl2FN4O2/c1-7-10(6-21-12(22)3-9(16)5-19-21)13(20-23-7)14-11(17)2-8(15)4-18-14/h2-5H,6H2,1H3. The Kier molecular flexibility index (Phi) is 4.14. The van der Waals surface area contributed by atoms with Gasteiger partial charge in [-0.1, -0.05) is 28.4 Å². The molecule has 0 aliphatic carbocycles. The Morgan fingerprint density at radius 1 is 1.22 bits per heavy atom. The second kappa shape index (κ2) is 6.10. The van der Waals surface area contributed by atoms with Crippen LogP contribution in [0, 0.1) is 12.7 Å². The molecule has 9 heteroatoms. The number of aryl methyl sites for hydroxylation is 1. The van der Waals surface area contributed by atoms with Crippen LogP contribution in [0.1, 0.15) is 11.3 Å². The first-order chi connectivity index (χ1) is 11.0. The fourth-order valence-corrected chi connectivity index (χ4v) is 2.31. The number of rotatable bonds is 3. The molecule has 23 heavy (non-hydrogen) atoms. The Bertz CT molecular complexity index is 939. The number of pyridine rings is 1.